The van der Waals surface area contributed by atoms with E-state index in [9.17, 15) is 9.59 Å². The van der Waals surface area contributed by atoms with Crippen LogP contribution in [0.25, 0.3) is 11.3 Å². The van der Waals surface area contributed by atoms with E-state index in [2.05, 4.69) is 20.3 Å². The number of anilines is 1. The number of benzene rings is 1. The summed E-state index contributed by atoms with van der Waals surface area (Å²) in [6, 6.07) is 11.1. The third-order valence-electron chi connectivity index (χ3n) is 3.58. The van der Waals surface area contributed by atoms with E-state index >= 15 is 0 Å². The highest BCUT2D eigenvalue weighted by molar-refractivity contribution is 5.88. The second-order valence-electron chi connectivity index (χ2n) is 5.19. The van der Waals surface area contributed by atoms with Crippen molar-refractivity contribution in [1.82, 2.24) is 19.7 Å². The SMILES string of the molecule is CN(N=Cc1cn[nH]c1-c1ccccc1)c1cc(=O)n(C)c(=O)[nH]1. The van der Waals surface area contributed by atoms with Crippen molar-refractivity contribution in [1.29, 1.82) is 0 Å². The van der Waals surface area contributed by atoms with Gasteiger partial charge in [0.1, 0.15) is 5.82 Å². The third-order valence-corrected chi connectivity index (χ3v) is 3.58. The monoisotopic (exact) mass is 324 g/mol. The first kappa shape index (κ1) is 15.5. The molecule has 0 fully saturated rings. The number of nitrogens with zero attached hydrogens (tertiary/aromatic N) is 4. The van der Waals surface area contributed by atoms with Crippen molar-refractivity contribution in [2.24, 2.45) is 12.1 Å². The average Bonchev–Trinajstić information content (AvgIpc) is 3.06. The van der Waals surface area contributed by atoms with Crippen molar-refractivity contribution >= 4 is 12.0 Å². The molecule has 0 atom stereocenters. The molecule has 0 bridgehead atoms. The molecular formula is C16H16N6O2. The largest absolute Gasteiger partial charge is 0.329 e. The molecule has 8 nitrogen and oxygen atoms in total. The maximum atomic E-state index is 11.7. The molecule has 3 aromatic rings. The van der Waals surface area contributed by atoms with Crippen LogP contribution in [0.15, 0.2) is 57.3 Å². The predicted molar refractivity (Wildman–Crippen MR) is 92.3 cm³/mol. The standard InChI is InChI=1S/C16H16N6O2/c1-21-14(23)8-13(19-16(21)24)22(2)18-10-12-9-17-20-15(12)11-6-4-3-5-7-11/h3-10H,1-2H3,(H,17,20)(H,19,24). The number of rotatable bonds is 4. The second-order valence-corrected chi connectivity index (χ2v) is 5.19. The van der Waals surface area contributed by atoms with Gasteiger partial charge in [0, 0.05) is 31.3 Å². The van der Waals surface area contributed by atoms with E-state index in [0.29, 0.717) is 5.82 Å². The lowest BCUT2D eigenvalue weighted by molar-refractivity contribution is 0.766. The van der Waals surface area contributed by atoms with Crippen LogP contribution in [0.1, 0.15) is 5.56 Å². The van der Waals surface area contributed by atoms with Crippen molar-refractivity contribution in [2.75, 3.05) is 12.1 Å². The zero-order valence-corrected chi connectivity index (χ0v) is 13.2. The molecule has 2 aromatic heterocycles. The number of nitrogens with one attached hydrogen (secondary N) is 2. The van der Waals surface area contributed by atoms with Gasteiger partial charge in [0.25, 0.3) is 5.56 Å². The summed E-state index contributed by atoms with van der Waals surface area (Å²) >= 11 is 0. The number of hydrazone groups is 1. The van der Waals surface area contributed by atoms with Crippen LogP contribution in [0.3, 0.4) is 0 Å². The van der Waals surface area contributed by atoms with Crippen molar-refractivity contribution in [3.63, 3.8) is 0 Å². The molecule has 0 aliphatic heterocycles. The summed E-state index contributed by atoms with van der Waals surface area (Å²) < 4.78 is 0.991. The zero-order valence-electron chi connectivity index (χ0n) is 13.2. The molecule has 0 amide bonds. The van der Waals surface area contributed by atoms with E-state index in [0.717, 1.165) is 21.4 Å². The van der Waals surface area contributed by atoms with E-state index < -0.39 is 11.2 Å². The van der Waals surface area contributed by atoms with Gasteiger partial charge >= 0.3 is 5.69 Å². The van der Waals surface area contributed by atoms with Crippen LogP contribution < -0.4 is 16.3 Å². The highest BCUT2D eigenvalue weighted by Crippen LogP contribution is 2.19. The third kappa shape index (κ3) is 3.02. The normalized spacial score (nSPS) is 11.1. The number of H-pyrrole nitrogens is 2. The fourth-order valence-electron chi connectivity index (χ4n) is 2.16. The molecule has 2 N–H and O–H groups in total. The van der Waals surface area contributed by atoms with Gasteiger partial charge in [-0.15, -0.1) is 0 Å². The summed E-state index contributed by atoms with van der Waals surface area (Å²) in [6.07, 6.45) is 3.27. The van der Waals surface area contributed by atoms with Crippen molar-refractivity contribution in [2.45, 2.75) is 0 Å². The minimum Gasteiger partial charge on any atom is -0.292 e. The molecule has 0 unspecified atom stereocenters. The van der Waals surface area contributed by atoms with Crippen molar-refractivity contribution in [3.05, 3.63) is 69.0 Å². The first-order valence-electron chi connectivity index (χ1n) is 7.23. The molecule has 3 rings (SSSR count). The molecule has 0 aliphatic carbocycles. The molecule has 8 heteroatoms. The van der Waals surface area contributed by atoms with Gasteiger partial charge in [0.2, 0.25) is 0 Å². The second kappa shape index (κ2) is 6.37. The lowest BCUT2D eigenvalue weighted by atomic mass is 10.1. The number of hydrogen-bond acceptors (Lipinski definition) is 5. The molecule has 0 radical (unpaired) electrons. The van der Waals surface area contributed by atoms with E-state index in [1.807, 2.05) is 30.3 Å². The topological polar surface area (TPSA) is 99.1 Å². The number of aromatic nitrogens is 4. The summed E-state index contributed by atoms with van der Waals surface area (Å²) in [7, 11) is 3.05. The average molecular weight is 324 g/mol. The van der Waals surface area contributed by atoms with Crippen LogP contribution in [0, 0.1) is 0 Å². The lowest BCUT2D eigenvalue weighted by Gasteiger charge is -2.12. The highest BCUT2D eigenvalue weighted by Gasteiger charge is 2.07. The molecule has 1 aromatic carbocycles. The Morgan fingerprint density at radius 2 is 2.00 bits per heavy atom. The summed E-state index contributed by atoms with van der Waals surface area (Å²) in [4.78, 5) is 25.9. The van der Waals surface area contributed by atoms with Crippen LogP contribution >= 0.6 is 0 Å². The minimum atomic E-state index is -0.493. The molecule has 2 heterocycles. The van der Waals surface area contributed by atoms with Gasteiger partial charge in [-0.05, 0) is 0 Å². The van der Waals surface area contributed by atoms with Crippen LogP contribution in [0.2, 0.25) is 0 Å². The molecule has 122 valence electrons. The van der Waals surface area contributed by atoms with Crippen molar-refractivity contribution in [3.8, 4) is 11.3 Å². The molecule has 0 saturated heterocycles. The Balaban J connectivity index is 1.88. The smallest absolute Gasteiger partial charge is 0.292 e. The lowest BCUT2D eigenvalue weighted by Crippen LogP contribution is -2.33. The summed E-state index contributed by atoms with van der Waals surface area (Å²) in [5.41, 5.74) is 1.72. The van der Waals surface area contributed by atoms with Gasteiger partial charge in [-0.2, -0.15) is 10.2 Å². The van der Waals surface area contributed by atoms with Gasteiger partial charge in [-0.1, -0.05) is 30.3 Å². The quantitative estimate of drug-likeness (QED) is 0.551. The van der Waals surface area contributed by atoms with E-state index in [1.165, 1.54) is 18.1 Å². The molecular weight excluding hydrogens is 308 g/mol. The number of aromatic amines is 2. The Labute approximate surface area is 137 Å². The van der Waals surface area contributed by atoms with E-state index in [1.54, 1.807) is 19.5 Å². The Kier molecular flexibility index (Phi) is 4.11. The maximum Gasteiger partial charge on any atom is 0.329 e. The minimum absolute atomic E-state index is 0.309. The van der Waals surface area contributed by atoms with Gasteiger partial charge in [-0.25, -0.2) is 4.79 Å². The highest BCUT2D eigenvalue weighted by atomic mass is 16.2. The first-order chi connectivity index (χ1) is 11.6. The van der Waals surface area contributed by atoms with Crippen LogP contribution in [0.4, 0.5) is 5.82 Å². The summed E-state index contributed by atoms with van der Waals surface area (Å²) in [5, 5.41) is 12.7. The first-order valence-corrected chi connectivity index (χ1v) is 7.23. The predicted octanol–water partition coefficient (Wildman–Crippen LogP) is 0.934. The maximum absolute atomic E-state index is 11.7. The molecule has 24 heavy (non-hydrogen) atoms. The molecule has 0 aliphatic rings. The van der Waals surface area contributed by atoms with Gasteiger partial charge in [0.05, 0.1) is 18.1 Å². The van der Waals surface area contributed by atoms with Crippen LogP contribution in [0.5, 0.6) is 0 Å². The Morgan fingerprint density at radius 3 is 2.71 bits per heavy atom. The van der Waals surface area contributed by atoms with Gasteiger partial charge < -0.3 is 0 Å². The van der Waals surface area contributed by atoms with E-state index in [-0.39, 0.29) is 0 Å². The molecule has 0 spiro atoms. The molecule has 0 saturated carbocycles. The van der Waals surface area contributed by atoms with Gasteiger partial charge in [-0.3, -0.25) is 24.5 Å². The van der Waals surface area contributed by atoms with Crippen LogP contribution in [-0.2, 0) is 7.05 Å². The summed E-state index contributed by atoms with van der Waals surface area (Å²) in [6.45, 7) is 0. The van der Waals surface area contributed by atoms with Crippen molar-refractivity contribution < 1.29 is 0 Å². The van der Waals surface area contributed by atoms with Gasteiger partial charge in [0.15, 0.2) is 0 Å². The van der Waals surface area contributed by atoms with Crippen LogP contribution in [-0.4, -0.2) is 33.0 Å². The Hall–Kier alpha value is -3.42. The fourth-order valence-corrected chi connectivity index (χ4v) is 2.16. The van der Waals surface area contributed by atoms with E-state index in [4.69, 9.17) is 0 Å². The summed E-state index contributed by atoms with van der Waals surface area (Å²) in [5.74, 6) is 0.309. The fraction of sp³-hybridized carbons (Fsp3) is 0.125. The number of hydrogen-bond donors (Lipinski definition) is 2. The Morgan fingerprint density at radius 1 is 1.25 bits per heavy atom. The zero-order chi connectivity index (χ0) is 17.1. The Bertz CT molecular complexity index is 952.